The van der Waals surface area contributed by atoms with Gasteiger partial charge in [-0.05, 0) is 24.5 Å². The van der Waals surface area contributed by atoms with Gasteiger partial charge in [0.05, 0.1) is 5.69 Å². The summed E-state index contributed by atoms with van der Waals surface area (Å²) in [6.45, 7) is 1.70. The smallest absolute Gasteiger partial charge is 0.287 e. The molecule has 0 aliphatic carbocycles. The van der Waals surface area contributed by atoms with Crippen LogP contribution in [-0.2, 0) is 16.0 Å². The second-order valence-corrected chi connectivity index (χ2v) is 6.41. The van der Waals surface area contributed by atoms with Crippen molar-refractivity contribution in [1.82, 2.24) is 25.1 Å². The van der Waals surface area contributed by atoms with Gasteiger partial charge in [0.25, 0.3) is 11.8 Å². The Morgan fingerprint density at radius 1 is 1.23 bits per heavy atom. The molecular weight excluding hydrogens is 384 g/mol. The Hall–Kier alpha value is -4.32. The number of hydrogen-bond acceptors (Lipinski definition) is 6. The van der Waals surface area contributed by atoms with Crippen LogP contribution in [0.25, 0.3) is 5.82 Å². The third kappa shape index (κ3) is 4.56. The zero-order valence-corrected chi connectivity index (χ0v) is 16.1. The van der Waals surface area contributed by atoms with Crippen LogP contribution < -0.4 is 11.1 Å². The molecule has 2 aromatic heterocycles. The van der Waals surface area contributed by atoms with Crippen molar-refractivity contribution < 1.29 is 14.4 Å². The van der Waals surface area contributed by atoms with E-state index in [4.69, 9.17) is 12.2 Å². The van der Waals surface area contributed by atoms with Gasteiger partial charge < -0.3 is 11.1 Å². The van der Waals surface area contributed by atoms with Gasteiger partial charge in [-0.25, -0.2) is 14.6 Å². The number of primary amides is 1. The van der Waals surface area contributed by atoms with E-state index in [2.05, 4.69) is 26.3 Å². The number of ketones is 1. The van der Waals surface area contributed by atoms with Gasteiger partial charge in [-0.1, -0.05) is 30.3 Å². The molecule has 9 nitrogen and oxygen atoms in total. The first-order valence-corrected chi connectivity index (χ1v) is 8.94. The van der Waals surface area contributed by atoms with Crippen molar-refractivity contribution in [3.05, 3.63) is 71.4 Å². The van der Waals surface area contributed by atoms with Crippen LogP contribution >= 0.6 is 0 Å². The lowest BCUT2D eigenvalue weighted by molar-refractivity contribution is -0.137. The Balaban J connectivity index is 1.92. The Bertz CT molecular complexity index is 1150. The fraction of sp³-hybridized carbons (Fsp3) is 0.143. The molecule has 0 aliphatic heterocycles. The van der Waals surface area contributed by atoms with Crippen LogP contribution in [0.5, 0.6) is 0 Å². The summed E-state index contributed by atoms with van der Waals surface area (Å²) >= 11 is 0. The Labute approximate surface area is 172 Å². The van der Waals surface area contributed by atoms with Crippen LogP contribution in [0.3, 0.4) is 0 Å². The summed E-state index contributed by atoms with van der Waals surface area (Å²) in [7, 11) is 0. The Morgan fingerprint density at radius 3 is 2.63 bits per heavy atom. The molecule has 0 aliphatic rings. The number of carbonyl (C=O) groups is 3. The van der Waals surface area contributed by atoms with Gasteiger partial charge in [0.2, 0.25) is 11.6 Å². The Kier molecular flexibility index (Phi) is 5.98. The molecule has 0 saturated heterocycles. The molecular formula is C21H18N6O3. The van der Waals surface area contributed by atoms with E-state index in [1.165, 1.54) is 16.9 Å². The third-order valence-electron chi connectivity index (χ3n) is 4.20. The monoisotopic (exact) mass is 402 g/mol. The topological polar surface area (TPSA) is 133 Å². The van der Waals surface area contributed by atoms with E-state index in [1.807, 2.05) is 6.07 Å². The quantitative estimate of drug-likeness (QED) is 0.433. The minimum absolute atomic E-state index is 0.107. The third-order valence-corrected chi connectivity index (χ3v) is 4.20. The molecule has 0 spiro atoms. The van der Waals surface area contributed by atoms with Crippen LogP contribution in [0.1, 0.15) is 27.6 Å². The van der Waals surface area contributed by atoms with Gasteiger partial charge in [-0.3, -0.25) is 14.4 Å². The summed E-state index contributed by atoms with van der Waals surface area (Å²) < 4.78 is 1.29. The first-order valence-electron chi connectivity index (χ1n) is 8.94. The minimum atomic E-state index is -1.13. The standard InChI is InChI=1S/C21H18N6O3/c1-3-17-23-10-9-18(25-17)27-16(11-13(2)26-27)21(30)24-15(19(28)20(22)29)12-14-7-5-4-6-8-14/h1,4-11,15H,12H2,2H3,(H2,22,29)(H,24,30). The van der Waals surface area contributed by atoms with Crippen LogP contribution in [-0.4, -0.2) is 43.4 Å². The average Bonchev–Trinajstić information content (AvgIpc) is 3.15. The highest BCUT2D eigenvalue weighted by Crippen LogP contribution is 2.12. The molecule has 0 bridgehead atoms. The SMILES string of the molecule is C#Cc1nccc(-n2nc(C)cc2C(=O)NC(Cc2ccccc2)C(=O)C(N)=O)n1. The van der Waals surface area contributed by atoms with E-state index >= 15 is 0 Å². The highest BCUT2D eigenvalue weighted by molar-refractivity contribution is 6.38. The number of nitrogens with zero attached hydrogens (tertiary/aromatic N) is 4. The second kappa shape index (κ2) is 8.79. The van der Waals surface area contributed by atoms with Crippen LogP contribution in [0, 0.1) is 19.3 Å². The highest BCUT2D eigenvalue weighted by Gasteiger charge is 2.27. The second-order valence-electron chi connectivity index (χ2n) is 6.41. The van der Waals surface area contributed by atoms with Gasteiger partial charge in [0.1, 0.15) is 11.7 Å². The van der Waals surface area contributed by atoms with E-state index in [0.717, 1.165) is 5.56 Å². The molecule has 0 radical (unpaired) electrons. The molecule has 3 aromatic rings. The van der Waals surface area contributed by atoms with Gasteiger partial charge >= 0.3 is 0 Å². The molecule has 1 aromatic carbocycles. The molecule has 1 atom stereocenters. The van der Waals surface area contributed by atoms with E-state index in [9.17, 15) is 14.4 Å². The van der Waals surface area contributed by atoms with Crippen molar-refractivity contribution in [3.8, 4) is 18.2 Å². The molecule has 0 fully saturated rings. The number of terminal acetylenes is 1. The lowest BCUT2D eigenvalue weighted by atomic mass is 10.0. The zero-order chi connectivity index (χ0) is 21.7. The van der Waals surface area contributed by atoms with Gasteiger partial charge in [0.15, 0.2) is 5.82 Å². The van der Waals surface area contributed by atoms with Crippen molar-refractivity contribution in [2.75, 3.05) is 0 Å². The molecule has 3 N–H and O–H groups in total. The number of aryl methyl sites for hydroxylation is 1. The summed E-state index contributed by atoms with van der Waals surface area (Å²) in [5.74, 6) is 0.101. The first-order chi connectivity index (χ1) is 14.4. The van der Waals surface area contributed by atoms with E-state index in [1.54, 1.807) is 37.3 Å². The van der Waals surface area contributed by atoms with Crippen LogP contribution in [0.15, 0.2) is 48.7 Å². The largest absolute Gasteiger partial charge is 0.363 e. The molecule has 150 valence electrons. The number of hydrogen-bond donors (Lipinski definition) is 2. The van der Waals surface area contributed by atoms with Crippen LogP contribution in [0.2, 0.25) is 0 Å². The number of aromatic nitrogens is 4. The van der Waals surface area contributed by atoms with Crippen molar-refractivity contribution in [1.29, 1.82) is 0 Å². The van der Waals surface area contributed by atoms with Gasteiger partial charge in [-0.15, -0.1) is 6.42 Å². The predicted octanol–water partition coefficient (Wildman–Crippen LogP) is 0.348. The Morgan fingerprint density at radius 2 is 1.97 bits per heavy atom. The average molecular weight is 402 g/mol. The van der Waals surface area contributed by atoms with Crippen molar-refractivity contribution >= 4 is 17.6 Å². The molecule has 3 rings (SSSR count). The number of Topliss-reactive ketones (excluding diaryl/α,β-unsaturated/α-hetero) is 1. The number of rotatable bonds is 7. The maximum Gasteiger partial charge on any atom is 0.287 e. The maximum absolute atomic E-state index is 13.0. The summed E-state index contributed by atoms with van der Waals surface area (Å²) in [6, 6.07) is 10.9. The number of carbonyl (C=O) groups excluding carboxylic acids is 3. The normalized spacial score (nSPS) is 11.3. The van der Waals surface area contributed by atoms with E-state index < -0.39 is 23.6 Å². The van der Waals surface area contributed by atoms with Gasteiger partial charge in [-0.2, -0.15) is 5.10 Å². The molecule has 1 unspecified atom stereocenters. The fourth-order valence-electron chi connectivity index (χ4n) is 2.84. The number of benzene rings is 1. The van der Waals surface area contributed by atoms with Crippen molar-refractivity contribution in [3.63, 3.8) is 0 Å². The molecule has 9 heteroatoms. The van der Waals surface area contributed by atoms with Crippen molar-refractivity contribution in [2.45, 2.75) is 19.4 Å². The van der Waals surface area contributed by atoms with E-state index in [-0.39, 0.29) is 23.8 Å². The number of amides is 2. The summed E-state index contributed by atoms with van der Waals surface area (Å²) in [4.78, 5) is 44.8. The lowest BCUT2D eigenvalue weighted by Gasteiger charge is -2.16. The molecule has 2 amide bonds. The number of nitrogens with one attached hydrogen (secondary N) is 1. The fourth-order valence-corrected chi connectivity index (χ4v) is 2.84. The summed E-state index contributed by atoms with van der Waals surface area (Å²) in [6.07, 6.45) is 6.89. The number of nitrogens with two attached hydrogens (primary N) is 1. The lowest BCUT2D eigenvalue weighted by Crippen LogP contribution is -2.47. The van der Waals surface area contributed by atoms with Crippen molar-refractivity contribution in [2.24, 2.45) is 5.73 Å². The van der Waals surface area contributed by atoms with Crippen LogP contribution in [0.4, 0.5) is 0 Å². The highest BCUT2D eigenvalue weighted by atomic mass is 16.2. The summed E-state index contributed by atoms with van der Waals surface area (Å²) in [5, 5.41) is 6.85. The minimum Gasteiger partial charge on any atom is -0.363 e. The first kappa shape index (κ1) is 20.4. The van der Waals surface area contributed by atoms with E-state index in [0.29, 0.717) is 5.69 Å². The molecule has 0 saturated carbocycles. The maximum atomic E-state index is 13.0. The molecule has 30 heavy (non-hydrogen) atoms. The summed E-state index contributed by atoms with van der Waals surface area (Å²) in [5.41, 5.74) is 6.59. The molecule has 2 heterocycles. The predicted molar refractivity (Wildman–Crippen MR) is 107 cm³/mol. The zero-order valence-electron chi connectivity index (χ0n) is 16.1. The van der Waals surface area contributed by atoms with Gasteiger partial charge in [0, 0.05) is 18.7 Å².